The van der Waals surface area contributed by atoms with Crippen LogP contribution in [0.5, 0.6) is 0 Å². The Morgan fingerprint density at radius 3 is 0.958 bits per heavy atom. The first-order valence-electron chi connectivity index (χ1n) is 33.1. The van der Waals surface area contributed by atoms with Crippen molar-refractivity contribution in [2.24, 2.45) is 0 Å². The molecule has 0 aliphatic carbocycles. The Labute approximate surface area is 555 Å². The zero-order valence-electron chi connectivity index (χ0n) is 52.2. The summed E-state index contributed by atoms with van der Waals surface area (Å²) in [5.74, 6) is 0. The molecule has 0 unspecified atom stereocenters. The number of rotatable bonds is 9. The number of hydrogen-bond acceptors (Lipinski definition) is 3. The van der Waals surface area contributed by atoms with Crippen molar-refractivity contribution >= 4 is 123 Å². The summed E-state index contributed by atoms with van der Waals surface area (Å²) in [5, 5.41) is 7.06. The van der Waals surface area contributed by atoms with Crippen LogP contribution in [0.4, 0.5) is 34.1 Å². The summed E-state index contributed by atoms with van der Waals surface area (Å²) in [7, 11) is 0. The van der Waals surface area contributed by atoms with Gasteiger partial charge in [0.2, 0.25) is 0 Å². The van der Waals surface area contributed by atoms with Crippen LogP contribution in [-0.2, 0) is 0 Å². The lowest BCUT2D eigenvalue weighted by molar-refractivity contribution is 0.669. The fourth-order valence-corrected chi connectivity index (χ4v) is 15.9. The highest BCUT2D eigenvalue weighted by Gasteiger charge is 2.44. The summed E-state index contributed by atoms with van der Waals surface area (Å²) in [5.41, 5.74) is 30.0. The second kappa shape index (κ2) is 21.5. The van der Waals surface area contributed by atoms with E-state index in [0.29, 0.717) is 0 Å². The topological polar surface area (TPSA) is 29.5 Å². The van der Waals surface area contributed by atoms with E-state index < -0.39 is 0 Å². The third-order valence-electron chi connectivity index (χ3n) is 20.2. The van der Waals surface area contributed by atoms with E-state index in [1.54, 1.807) is 0 Å². The van der Waals surface area contributed by atoms with Crippen molar-refractivity contribution in [3.05, 3.63) is 346 Å². The summed E-state index contributed by atoms with van der Waals surface area (Å²) in [6.07, 6.45) is 0. The Hall–Kier alpha value is -12.6. The predicted molar refractivity (Wildman–Crippen MR) is 404 cm³/mol. The Balaban J connectivity index is 0.939. The molecule has 0 bridgehead atoms. The molecule has 5 heterocycles. The van der Waals surface area contributed by atoms with E-state index in [4.69, 9.17) is 4.42 Å². The lowest BCUT2D eigenvalue weighted by Gasteiger charge is -2.45. The molecule has 0 radical (unpaired) electrons. The van der Waals surface area contributed by atoms with Crippen molar-refractivity contribution in [3.63, 3.8) is 0 Å². The molecule has 0 atom stereocenters. The van der Waals surface area contributed by atoms with Crippen LogP contribution in [-0.4, -0.2) is 15.8 Å². The first kappa shape index (κ1) is 54.0. The van der Waals surface area contributed by atoms with Gasteiger partial charge in [0.25, 0.3) is 6.71 Å². The maximum Gasteiger partial charge on any atom is 0.252 e. The first-order valence-corrected chi connectivity index (χ1v) is 33.1. The van der Waals surface area contributed by atoms with E-state index in [-0.39, 0.29) is 6.71 Å². The van der Waals surface area contributed by atoms with E-state index in [9.17, 15) is 0 Å². The number of para-hydroxylation sites is 5. The number of nitrogens with zero attached hydrogens (tertiary/aromatic N) is 4. The maximum atomic E-state index is 6.59. The lowest BCUT2D eigenvalue weighted by atomic mass is 9.33. The first-order chi connectivity index (χ1) is 47.6. The van der Waals surface area contributed by atoms with Crippen molar-refractivity contribution in [2.75, 3.05) is 9.80 Å². The smallest absolute Gasteiger partial charge is 0.252 e. The van der Waals surface area contributed by atoms with E-state index in [0.717, 1.165) is 145 Å². The fourth-order valence-electron chi connectivity index (χ4n) is 15.9. The van der Waals surface area contributed by atoms with Gasteiger partial charge in [0, 0.05) is 77.8 Å². The van der Waals surface area contributed by atoms with E-state index in [1.807, 2.05) is 0 Å². The van der Waals surface area contributed by atoms with Crippen LogP contribution in [0.15, 0.2) is 350 Å². The lowest BCUT2D eigenvalue weighted by Crippen LogP contribution is -2.61. The molecule has 6 heteroatoms. The van der Waals surface area contributed by atoms with Crippen LogP contribution in [0.3, 0.4) is 0 Å². The third-order valence-corrected chi connectivity index (χ3v) is 20.2. The van der Waals surface area contributed by atoms with Gasteiger partial charge in [0.05, 0.1) is 22.1 Å². The van der Waals surface area contributed by atoms with Crippen molar-refractivity contribution in [3.8, 4) is 67.0 Å². The molecule has 0 saturated heterocycles. The predicted octanol–water partition coefficient (Wildman–Crippen LogP) is 22.2. The van der Waals surface area contributed by atoms with Crippen LogP contribution < -0.4 is 26.2 Å². The van der Waals surface area contributed by atoms with Gasteiger partial charge in [-0.05, 0) is 187 Å². The summed E-state index contributed by atoms with van der Waals surface area (Å²) < 4.78 is 11.5. The minimum absolute atomic E-state index is 0.224. The van der Waals surface area contributed by atoms with Crippen molar-refractivity contribution in [2.45, 2.75) is 0 Å². The van der Waals surface area contributed by atoms with Crippen LogP contribution in [0.1, 0.15) is 0 Å². The highest BCUT2D eigenvalue weighted by Crippen LogP contribution is 2.50. The monoisotopic (exact) mass is 1220 g/mol. The number of aromatic nitrogens is 2. The van der Waals surface area contributed by atoms with Crippen LogP contribution in [0.2, 0.25) is 0 Å². The zero-order valence-corrected chi connectivity index (χ0v) is 52.2. The highest BCUT2D eigenvalue weighted by molar-refractivity contribution is 7.00. The molecule has 18 aromatic rings. The molecule has 20 rings (SSSR count). The minimum Gasteiger partial charge on any atom is -0.456 e. The number of anilines is 6. The summed E-state index contributed by atoms with van der Waals surface area (Å²) in [4.78, 5) is 5.23. The Kier molecular flexibility index (Phi) is 12.1. The Morgan fingerprint density at radius 1 is 0.208 bits per heavy atom. The molecule has 2 aliphatic rings. The molecular weight excluding hydrogens is 1160 g/mol. The van der Waals surface area contributed by atoms with Gasteiger partial charge in [0.1, 0.15) is 11.2 Å². The normalized spacial score (nSPS) is 12.5. The summed E-state index contributed by atoms with van der Waals surface area (Å²) >= 11 is 0. The van der Waals surface area contributed by atoms with Crippen molar-refractivity contribution in [1.29, 1.82) is 0 Å². The average molecular weight is 1220 g/mol. The number of fused-ring (bicyclic) bond motifs is 13. The molecule has 0 fully saturated rings. The molecule has 2 aliphatic heterocycles. The molecule has 96 heavy (non-hydrogen) atoms. The van der Waals surface area contributed by atoms with Gasteiger partial charge < -0.3 is 23.4 Å². The molecular formula is C90H57BN4O. The van der Waals surface area contributed by atoms with Crippen LogP contribution in [0.25, 0.3) is 133 Å². The molecule has 0 N–H and O–H groups in total. The van der Waals surface area contributed by atoms with Crippen molar-refractivity contribution < 1.29 is 4.42 Å². The molecule has 5 nitrogen and oxygen atoms in total. The quantitative estimate of drug-likeness (QED) is 0.135. The highest BCUT2D eigenvalue weighted by atomic mass is 16.3. The SMILES string of the molecule is c1ccc(-c2cc(-c3ccccc3)cc(N3c4cc(-n5c6ccccc6c6ccccc65)ccc4B4c5ccc(-n6c7ccccc7c7ccccc76)cc5N(c5cc(-c6ccccc6)cc(-c6ccccc6)c5)c5cc(-c6ccc7oc8ccccc8c7c6)cc3c54)c2)cc1. The van der Waals surface area contributed by atoms with E-state index >= 15 is 0 Å². The second-order valence-electron chi connectivity index (χ2n) is 25.6. The molecule has 446 valence electrons. The standard InChI is InChI=1S/C90H57BN4O/c1-5-23-58(24-6-1)63-47-64(59-25-7-2-8-26-59)50-70(49-63)94-84-56-68(92-80-36-18-13-31-72(80)73-32-14-19-37-81(73)92)42-44-78(84)91-79-45-43-69(93-82-38-20-15-33-74(82)75-34-16-21-39-83(75)93)57-85(79)95(71-51-65(60-27-9-3-10-28-60)48-66(52-71)61-29-11-4-12-30-61)87-55-67(54-86(94)90(87)91)62-41-46-89-77(53-62)76-35-17-22-40-88(76)96-89/h1-57H. The minimum atomic E-state index is -0.224. The van der Waals surface area contributed by atoms with Gasteiger partial charge in [-0.25, -0.2) is 0 Å². The second-order valence-corrected chi connectivity index (χ2v) is 25.6. The van der Waals surface area contributed by atoms with Gasteiger partial charge >= 0.3 is 0 Å². The zero-order chi connectivity index (χ0) is 63.0. The Morgan fingerprint density at radius 2 is 0.552 bits per heavy atom. The van der Waals surface area contributed by atoms with Gasteiger partial charge in [-0.1, -0.05) is 231 Å². The number of hydrogen-bond donors (Lipinski definition) is 0. The molecule has 3 aromatic heterocycles. The van der Waals surface area contributed by atoms with E-state index in [2.05, 4.69) is 365 Å². The number of furan rings is 1. The average Bonchev–Trinajstić information content (AvgIpc) is 0.827. The van der Waals surface area contributed by atoms with Gasteiger partial charge in [-0.3, -0.25) is 0 Å². The van der Waals surface area contributed by atoms with Gasteiger partial charge in [0.15, 0.2) is 0 Å². The Bertz CT molecular complexity index is 5630. The number of benzene rings is 15. The largest absolute Gasteiger partial charge is 0.456 e. The molecule has 15 aromatic carbocycles. The van der Waals surface area contributed by atoms with Crippen LogP contribution in [0, 0.1) is 0 Å². The molecule has 0 saturated carbocycles. The van der Waals surface area contributed by atoms with Crippen LogP contribution >= 0.6 is 0 Å². The maximum absolute atomic E-state index is 6.59. The van der Waals surface area contributed by atoms with Gasteiger partial charge in [-0.2, -0.15) is 0 Å². The van der Waals surface area contributed by atoms with E-state index in [1.165, 1.54) is 37.9 Å². The summed E-state index contributed by atoms with van der Waals surface area (Å²) in [6.45, 7) is -0.224. The molecule has 0 amide bonds. The molecule has 0 spiro atoms. The summed E-state index contributed by atoms with van der Waals surface area (Å²) in [6, 6.07) is 128. The van der Waals surface area contributed by atoms with Crippen molar-refractivity contribution in [1.82, 2.24) is 9.13 Å². The third kappa shape index (κ3) is 8.45. The fraction of sp³-hybridized carbons (Fsp3) is 0. The van der Waals surface area contributed by atoms with Gasteiger partial charge in [-0.15, -0.1) is 0 Å².